The Hall–Kier alpha value is -2.38. The molecule has 7 heteroatoms. The van der Waals surface area contributed by atoms with E-state index in [4.69, 9.17) is 0 Å². The molecule has 6 nitrogen and oxygen atoms in total. The summed E-state index contributed by atoms with van der Waals surface area (Å²) < 4.78 is 26.5. The number of aliphatic hydroxyl groups is 1. The van der Waals surface area contributed by atoms with Crippen LogP contribution in [-0.4, -0.2) is 38.6 Å². The van der Waals surface area contributed by atoms with Crippen molar-refractivity contribution in [3.05, 3.63) is 60.2 Å². The molecular weight excluding hydrogens is 364 g/mol. The van der Waals surface area contributed by atoms with Gasteiger partial charge < -0.3 is 10.4 Å². The fraction of sp³-hybridized carbons (Fsp3) is 0.350. The van der Waals surface area contributed by atoms with E-state index in [2.05, 4.69) is 5.32 Å². The lowest BCUT2D eigenvalue weighted by Crippen LogP contribution is -2.45. The van der Waals surface area contributed by atoms with Crippen LogP contribution in [0.2, 0.25) is 0 Å². The molecule has 1 aliphatic carbocycles. The lowest BCUT2D eigenvalue weighted by Gasteiger charge is -2.28. The Morgan fingerprint density at radius 1 is 1.04 bits per heavy atom. The summed E-state index contributed by atoms with van der Waals surface area (Å²) in [6, 6.07) is 14.4. The third kappa shape index (κ3) is 4.31. The van der Waals surface area contributed by atoms with Gasteiger partial charge in [-0.1, -0.05) is 31.0 Å². The molecule has 0 radical (unpaired) electrons. The second-order valence-corrected chi connectivity index (χ2v) is 8.73. The lowest BCUT2D eigenvalue weighted by molar-refractivity contribution is 0.0717. The first-order valence-corrected chi connectivity index (χ1v) is 10.5. The number of nitrogens with one attached hydrogen (secondary N) is 1. The molecule has 0 spiro atoms. The van der Waals surface area contributed by atoms with Crippen molar-refractivity contribution < 1.29 is 18.3 Å². The zero-order chi connectivity index (χ0) is 19.4. The van der Waals surface area contributed by atoms with E-state index in [0.29, 0.717) is 17.7 Å². The van der Waals surface area contributed by atoms with Crippen molar-refractivity contribution in [1.29, 1.82) is 0 Å². The van der Waals surface area contributed by atoms with Gasteiger partial charge in [-0.05, 0) is 49.2 Å². The zero-order valence-corrected chi connectivity index (χ0v) is 16.0. The second-order valence-electron chi connectivity index (χ2n) is 6.76. The summed E-state index contributed by atoms with van der Waals surface area (Å²) in [5.74, 6) is -0.263. The smallest absolute Gasteiger partial charge is 0.264 e. The largest absolute Gasteiger partial charge is 0.391 e. The predicted molar refractivity (Wildman–Crippen MR) is 104 cm³/mol. The maximum Gasteiger partial charge on any atom is 0.264 e. The van der Waals surface area contributed by atoms with Crippen LogP contribution in [0.15, 0.2) is 59.5 Å². The van der Waals surface area contributed by atoms with E-state index in [-0.39, 0.29) is 16.8 Å². The van der Waals surface area contributed by atoms with Crippen LogP contribution in [0.4, 0.5) is 5.69 Å². The Morgan fingerprint density at radius 2 is 1.67 bits per heavy atom. The van der Waals surface area contributed by atoms with Gasteiger partial charge in [-0.25, -0.2) is 8.42 Å². The van der Waals surface area contributed by atoms with E-state index < -0.39 is 16.1 Å². The van der Waals surface area contributed by atoms with E-state index >= 15 is 0 Å². The Balaban J connectivity index is 1.72. The molecule has 0 aromatic heterocycles. The number of benzene rings is 2. The fourth-order valence-corrected chi connectivity index (χ4v) is 4.46. The number of amides is 1. The number of anilines is 1. The lowest BCUT2D eigenvalue weighted by atomic mass is 9.92. The molecule has 2 aromatic rings. The van der Waals surface area contributed by atoms with Crippen molar-refractivity contribution in [3.63, 3.8) is 0 Å². The van der Waals surface area contributed by atoms with Crippen LogP contribution in [0.1, 0.15) is 36.0 Å². The molecule has 0 saturated heterocycles. The van der Waals surface area contributed by atoms with Crippen LogP contribution in [0.5, 0.6) is 0 Å². The summed E-state index contributed by atoms with van der Waals surface area (Å²) >= 11 is 0. The second kappa shape index (κ2) is 8.10. The molecule has 0 heterocycles. The number of carbonyl (C=O) groups excluding carboxylic acids is 1. The van der Waals surface area contributed by atoms with Gasteiger partial charge in [0.05, 0.1) is 22.7 Å². The van der Waals surface area contributed by atoms with Crippen LogP contribution in [0.3, 0.4) is 0 Å². The monoisotopic (exact) mass is 388 g/mol. The molecule has 1 saturated carbocycles. The molecule has 1 fully saturated rings. The molecule has 0 aliphatic heterocycles. The van der Waals surface area contributed by atoms with Gasteiger partial charge >= 0.3 is 0 Å². The minimum atomic E-state index is -3.66. The van der Waals surface area contributed by atoms with Crippen LogP contribution < -0.4 is 9.62 Å². The van der Waals surface area contributed by atoms with Crippen LogP contribution in [0, 0.1) is 0 Å². The van der Waals surface area contributed by atoms with Crippen molar-refractivity contribution in [2.45, 2.75) is 42.7 Å². The Morgan fingerprint density at radius 3 is 2.30 bits per heavy atom. The summed E-state index contributed by atoms with van der Waals surface area (Å²) in [7, 11) is -2.17. The third-order valence-electron chi connectivity index (χ3n) is 4.94. The minimum Gasteiger partial charge on any atom is -0.391 e. The van der Waals surface area contributed by atoms with Gasteiger partial charge in [-0.2, -0.15) is 0 Å². The van der Waals surface area contributed by atoms with Crippen molar-refractivity contribution in [2.24, 2.45) is 0 Å². The van der Waals surface area contributed by atoms with Crippen molar-refractivity contribution >= 4 is 21.6 Å². The average molecular weight is 388 g/mol. The summed E-state index contributed by atoms with van der Waals surface area (Å²) in [6.45, 7) is 0. The summed E-state index contributed by atoms with van der Waals surface area (Å²) in [5.41, 5.74) is 0.898. The van der Waals surface area contributed by atoms with E-state index in [1.165, 1.54) is 11.4 Å². The maximum absolute atomic E-state index is 12.7. The molecule has 1 amide bonds. The first kappa shape index (κ1) is 19.4. The predicted octanol–water partition coefficient (Wildman–Crippen LogP) is 2.55. The van der Waals surface area contributed by atoms with Gasteiger partial charge in [-0.3, -0.25) is 9.10 Å². The van der Waals surface area contributed by atoms with Crippen molar-refractivity contribution in [3.8, 4) is 0 Å². The normalized spacial score (nSPS) is 20.1. The van der Waals surface area contributed by atoms with Gasteiger partial charge in [0.2, 0.25) is 0 Å². The number of carbonyl (C=O) groups is 1. The zero-order valence-electron chi connectivity index (χ0n) is 15.2. The average Bonchev–Trinajstić information content (AvgIpc) is 2.70. The quantitative estimate of drug-likeness (QED) is 0.824. The van der Waals surface area contributed by atoms with Gasteiger partial charge in [0, 0.05) is 12.6 Å². The highest BCUT2D eigenvalue weighted by atomic mass is 32.2. The topological polar surface area (TPSA) is 86.7 Å². The first-order chi connectivity index (χ1) is 12.9. The standard InChI is InChI=1S/C20H24N2O4S/c1-22(27(25,26)17-7-3-2-4-8-17)16-13-11-15(12-14-16)20(24)21-18-9-5-6-10-19(18)23/h2-4,7-8,11-14,18-19,23H,5-6,9-10H2,1H3,(H,21,24)/t18-,19-/m0/s1. The summed E-state index contributed by atoms with van der Waals surface area (Å²) in [5, 5.41) is 12.9. The van der Waals surface area contributed by atoms with E-state index in [0.717, 1.165) is 19.3 Å². The molecule has 2 N–H and O–H groups in total. The molecular formula is C20H24N2O4S. The summed E-state index contributed by atoms with van der Waals surface area (Å²) in [4.78, 5) is 12.6. The Kier molecular flexibility index (Phi) is 5.82. The van der Waals surface area contributed by atoms with Crippen LogP contribution >= 0.6 is 0 Å². The molecule has 2 atom stereocenters. The van der Waals surface area contributed by atoms with E-state index in [9.17, 15) is 18.3 Å². The summed E-state index contributed by atoms with van der Waals surface area (Å²) in [6.07, 6.45) is 2.92. The van der Waals surface area contributed by atoms with Gasteiger partial charge in [0.25, 0.3) is 15.9 Å². The molecule has 3 rings (SSSR count). The molecule has 1 aliphatic rings. The first-order valence-electron chi connectivity index (χ1n) is 9.02. The van der Waals surface area contributed by atoms with Crippen molar-refractivity contribution in [1.82, 2.24) is 5.32 Å². The van der Waals surface area contributed by atoms with E-state index in [1.807, 2.05) is 0 Å². The molecule has 144 valence electrons. The van der Waals surface area contributed by atoms with E-state index in [1.54, 1.807) is 54.6 Å². The fourth-order valence-electron chi connectivity index (χ4n) is 3.24. The number of nitrogens with zero attached hydrogens (tertiary/aromatic N) is 1. The number of rotatable bonds is 5. The number of hydrogen-bond donors (Lipinski definition) is 2. The minimum absolute atomic E-state index is 0.209. The highest BCUT2D eigenvalue weighted by Crippen LogP contribution is 2.23. The van der Waals surface area contributed by atoms with Crippen molar-refractivity contribution in [2.75, 3.05) is 11.4 Å². The molecule has 27 heavy (non-hydrogen) atoms. The number of hydrogen-bond acceptors (Lipinski definition) is 4. The van der Waals surface area contributed by atoms with Gasteiger partial charge in [0.15, 0.2) is 0 Å². The Labute approximate surface area is 159 Å². The van der Waals surface area contributed by atoms with Crippen LogP contribution in [-0.2, 0) is 10.0 Å². The number of aliphatic hydroxyl groups excluding tert-OH is 1. The third-order valence-corrected chi connectivity index (χ3v) is 6.74. The van der Waals surface area contributed by atoms with Gasteiger partial charge in [-0.15, -0.1) is 0 Å². The maximum atomic E-state index is 12.7. The molecule has 0 unspecified atom stereocenters. The molecule has 2 aromatic carbocycles. The van der Waals surface area contributed by atoms with Gasteiger partial charge in [0.1, 0.15) is 0 Å². The molecule has 0 bridgehead atoms. The van der Waals surface area contributed by atoms with Crippen LogP contribution in [0.25, 0.3) is 0 Å². The Bertz CT molecular complexity index is 882. The highest BCUT2D eigenvalue weighted by Gasteiger charge is 2.25. The SMILES string of the molecule is CN(c1ccc(C(=O)N[C@H]2CCCC[C@@H]2O)cc1)S(=O)(=O)c1ccccc1. The number of sulfonamides is 1. The highest BCUT2D eigenvalue weighted by molar-refractivity contribution is 7.92.